The second-order valence-electron chi connectivity index (χ2n) is 4.54. The fourth-order valence-corrected chi connectivity index (χ4v) is 2.84. The van der Waals surface area contributed by atoms with E-state index in [4.69, 9.17) is 0 Å². The molecule has 0 N–H and O–H groups in total. The number of hydrogen-bond donors (Lipinski definition) is 0. The Morgan fingerprint density at radius 2 is 1.67 bits per heavy atom. The zero-order valence-electron chi connectivity index (χ0n) is 11.7. The summed E-state index contributed by atoms with van der Waals surface area (Å²) >= 11 is 0. The van der Waals surface area contributed by atoms with Crippen molar-refractivity contribution in [3.05, 3.63) is 29.8 Å². The number of likely N-dealkylation sites (N-methyl/N-ethyl adjacent to an activating group) is 2. The lowest BCUT2D eigenvalue weighted by Gasteiger charge is -2.21. The molecule has 0 aliphatic rings. The number of nitrogens with zero attached hydrogens (tertiary/aromatic N) is 2. The summed E-state index contributed by atoms with van der Waals surface area (Å²) in [5.41, 5.74) is -1.26. The zero-order chi connectivity index (χ0) is 16.4. The normalized spacial score (nSPS) is 12.5. The van der Waals surface area contributed by atoms with Crippen LogP contribution in [-0.4, -0.2) is 51.2 Å². The van der Waals surface area contributed by atoms with Gasteiger partial charge >= 0.3 is 6.18 Å². The van der Waals surface area contributed by atoms with E-state index in [2.05, 4.69) is 0 Å². The standard InChI is InChI=1S/C12H15F3N2O3S/c1-16(2)11(18)8-17(3)21(19,20)10-7-5-4-6-9(10)12(13,14)15/h4-7H,8H2,1-3H3. The van der Waals surface area contributed by atoms with Crippen LogP contribution in [-0.2, 0) is 21.0 Å². The molecule has 1 amide bonds. The molecule has 118 valence electrons. The SMILES string of the molecule is CN(C)C(=O)CN(C)S(=O)(=O)c1ccccc1C(F)(F)F. The summed E-state index contributed by atoms with van der Waals surface area (Å²) in [7, 11) is -0.510. The van der Waals surface area contributed by atoms with Crippen molar-refractivity contribution < 1.29 is 26.4 Å². The van der Waals surface area contributed by atoms with Crippen LogP contribution in [0.3, 0.4) is 0 Å². The first-order chi connectivity index (χ1) is 9.48. The van der Waals surface area contributed by atoms with Crippen LogP contribution in [0, 0.1) is 0 Å². The van der Waals surface area contributed by atoms with Crippen LogP contribution in [0.15, 0.2) is 29.2 Å². The Morgan fingerprint density at radius 1 is 1.14 bits per heavy atom. The van der Waals surface area contributed by atoms with Gasteiger partial charge in [-0.2, -0.15) is 17.5 Å². The minimum absolute atomic E-state index is 0.537. The van der Waals surface area contributed by atoms with Crippen molar-refractivity contribution >= 4 is 15.9 Å². The largest absolute Gasteiger partial charge is 0.417 e. The van der Waals surface area contributed by atoms with Crippen LogP contribution < -0.4 is 0 Å². The number of rotatable bonds is 4. The molecule has 0 heterocycles. The lowest BCUT2D eigenvalue weighted by Crippen LogP contribution is -2.38. The first kappa shape index (κ1) is 17.4. The van der Waals surface area contributed by atoms with E-state index in [-0.39, 0.29) is 0 Å². The number of alkyl halides is 3. The third kappa shape index (κ3) is 3.94. The molecule has 9 heteroatoms. The maximum Gasteiger partial charge on any atom is 0.417 e. The van der Waals surface area contributed by atoms with Gasteiger partial charge in [0.05, 0.1) is 17.0 Å². The molecule has 1 aromatic rings. The molecule has 0 aliphatic carbocycles. The second-order valence-corrected chi connectivity index (χ2v) is 6.56. The van der Waals surface area contributed by atoms with Gasteiger partial charge < -0.3 is 4.90 Å². The molecule has 21 heavy (non-hydrogen) atoms. The number of carbonyl (C=O) groups is 1. The van der Waals surface area contributed by atoms with Crippen LogP contribution in [0.2, 0.25) is 0 Å². The van der Waals surface area contributed by atoms with E-state index in [1.54, 1.807) is 0 Å². The van der Waals surface area contributed by atoms with Crippen molar-refractivity contribution in [2.24, 2.45) is 0 Å². The molecule has 0 saturated carbocycles. The van der Waals surface area contributed by atoms with E-state index in [1.807, 2.05) is 0 Å². The van der Waals surface area contributed by atoms with E-state index in [9.17, 15) is 26.4 Å². The van der Waals surface area contributed by atoms with Crippen LogP contribution in [0.4, 0.5) is 13.2 Å². The number of sulfonamides is 1. The van der Waals surface area contributed by atoms with Gasteiger partial charge in [0.15, 0.2) is 0 Å². The molecule has 0 spiro atoms. The Hall–Kier alpha value is -1.61. The Kier molecular flexibility index (Phi) is 5.00. The fourth-order valence-electron chi connectivity index (χ4n) is 1.51. The van der Waals surface area contributed by atoms with Crippen molar-refractivity contribution in [1.82, 2.24) is 9.21 Å². The molecule has 0 aliphatic heterocycles. The molecule has 0 atom stereocenters. The first-order valence-electron chi connectivity index (χ1n) is 5.80. The van der Waals surface area contributed by atoms with Crippen LogP contribution >= 0.6 is 0 Å². The summed E-state index contributed by atoms with van der Waals surface area (Å²) in [5.74, 6) is -0.537. The van der Waals surface area contributed by atoms with Crippen LogP contribution in [0.1, 0.15) is 5.56 Å². The lowest BCUT2D eigenvalue weighted by molar-refractivity contribution is -0.139. The van der Waals surface area contributed by atoms with Gasteiger partial charge in [-0.25, -0.2) is 8.42 Å². The Morgan fingerprint density at radius 3 is 2.14 bits per heavy atom. The molecule has 1 aromatic carbocycles. The predicted octanol–water partition coefficient (Wildman–Crippen LogP) is 1.41. The number of amides is 1. The summed E-state index contributed by atoms with van der Waals surface area (Å²) in [6.07, 6.45) is -4.80. The summed E-state index contributed by atoms with van der Waals surface area (Å²) in [6, 6.07) is 3.86. The second kappa shape index (κ2) is 6.02. The highest BCUT2D eigenvalue weighted by atomic mass is 32.2. The van der Waals surface area contributed by atoms with Gasteiger partial charge in [0.2, 0.25) is 15.9 Å². The molecule has 0 aromatic heterocycles. The minimum Gasteiger partial charge on any atom is -0.348 e. The molecular weight excluding hydrogens is 309 g/mol. The van der Waals surface area contributed by atoms with Crippen LogP contribution in [0.25, 0.3) is 0 Å². The Labute approximate surface area is 121 Å². The van der Waals surface area contributed by atoms with E-state index < -0.39 is 39.1 Å². The maximum atomic E-state index is 12.9. The highest BCUT2D eigenvalue weighted by Gasteiger charge is 2.38. The smallest absolute Gasteiger partial charge is 0.348 e. The summed E-state index contributed by atoms with van der Waals surface area (Å²) in [6.45, 7) is -0.540. The van der Waals surface area contributed by atoms with Crippen molar-refractivity contribution in [2.75, 3.05) is 27.7 Å². The molecule has 0 fully saturated rings. The first-order valence-corrected chi connectivity index (χ1v) is 7.24. The minimum atomic E-state index is -4.80. The monoisotopic (exact) mass is 324 g/mol. The molecule has 1 rings (SSSR count). The third-order valence-electron chi connectivity index (χ3n) is 2.74. The molecule has 0 saturated heterocycles. The highest BCUT2D eigenvalue weighted by molar-refractivity contribution is 7.89. The Bertz CT molecular complexity index is 627. The fraction of sp³-hybridized carbons (Fsp3) is 0.417. The maximum absolute atomic E-state index is 12.9. The molecule has 0 bridgehead atoms. The predicted molar refractivity (Wildman–Crippen MR) is 70.0 cm³/mol. The van der Waals surface area contributed by atoms with Crippen molar-refractivity contribution in [1.29, 1.82) is 0 Å². The van der Waals surface area contributed by atoms with E-state index in [0.29, 0.717) is 10.4 Å². The molecule has 0 radical (unpaired) electrons. The Balaban J connectivity index is 3.23. The van der Waals surface area contributed by atoms with Crippen molar-refractivity contribution in [2.45, 2.75) is 11.1 Å². The van der Waals surface area contributed by atoms with E-state index in [0.717, 1.165) is 24.1 Å². The average Bonchev–Trinajstić information content (AvgIpc) is 2.37. The third-order valence-corrected chi connectivity index (χ3v) is 4.60. The summed E-state index contributed by atoms with van der Waals surface area (Å²) in [4.78, 5) is 11.8. The average molecular weight is 324 g/mol. The molecule has 0 unspecified atom stereocenters. The van der Waals surface area contributed by atoms with Gasteiger partial charge in [0, 0.05) is 21.1 Å². The van der Waals surface area contributed by atoms with Crippen LogP contribution in [0.5, 0.6) is 0 Å². The van der Waals surface area contributed by atoms with E-state index >= 15 is 0 Å². The summed E-state index contributed by atoms with van der Waals surface area (Å²) < 4.78 is 63.6. The molecular formula is C12H15F3N2O3S. The quantitative estimate of drug-likeness (QED) is 0.841. The molecule has 5 nitrogen and oxygen atoms in total. The zero-order valence-corrected chi connectivity index (χ0v) is 12.5. The topological polar surface area (TPSA) is 57.7 Å². The van der Waals surface area contributed by atoms with Gasteiger partial charge in [0.25, 0.3) is 0 Å². The van der Waals surface area contributed by atoms with Gasteiger partial charge in [-0.05, 0) is 12.1 Å². The van der Waals surface area contributed by atoms with Gasteiger partial charge in [-0.15, -0.1) is 0 Å². The lowest BCUT2D eigenvalue weighted by atomic mass is 10.2. The number of benzene rings is 1. The number of hydrogen-bond acceptors (Lipinski definition) is 3. The summed E-state index contributed by atoms with van der Waals surface area (Å²) in [5, 5.41) is 0. The van der Waals surface area contributed by atoms with Gasteiger partial charge in [-0.1, -0.05) is 12.1 Å². The van der Waals surface area contributed by atoms with Gasteiger partial charge in [0.1, 0.15) is 0 Å². The number of carbonyl (C=O) groups excluding carboxylic acids is 1. The van der Waals surface area contributed by atoms with Crippen molar-refractivity contribution in [3.8, 4) is 0 Å². The number of halogens is 3. The van der Waals surface area contributed by atoms with Gasteiger partial charge in [-0.3, -0.25) is 4.79 Å². The van der Waals surface area contributed by atoms with E-state index in [1.165, 1.54) is 20.2 Å². The van der Waals surface area contributed by atoms with Crippen molar-refractivity contribution in [3.63, 3.8) is 0 Å². The highest BCUT2D eigenvalue weighted by Crippen LogP contribution is 2.34.